The molecule has 10 atom stereocenters. The van der Waals surface area contributed by atoms with Crippen molar-refractivity contribution in [1.82, 2.24) is 41.3 Å². The van der Waals surface area contributed by atoms with Crippen molar-refractivity contribution in [1.29, 1.82) is 0 Å². The van der Waals surface area contributed by atoms with Crippen molar-refractivity contribution < 1.29 is 57.7 Å². The number of aliphatic carboxylic acids is 1. The van der Waals surface area contributed by atoms with Crippen molar-refractivity contribution in [2.24, 2.45) is 35.3 Å². The SMILES string of the molecule is CC[C@H](C)[C@@H]([C@@H](CC(=O)N1CCC[C@H]1C[C@@H](C)C(=O)N[C@@H](Cc1ccccc1)C(=O)O)OC)N(C)C(=O)[C@@H](NC(=O)[C@H](C(C)C)N(C)C(=O)OCc1ccc(NC(=O)[C@H](CCCNC(N)=O)NC(=O)[C@@H](NC(C)C)C(C)C)cc1)C(C)C. The zero-order valence-corrected chi connectivity index (χ0v) is 50.9. The first-order valence-corrected chi connectivity index (χ1v) is 29.0. The Kier molecular flexibility index (Phi) is 28.8. The summed E-state index contributed by atoms with van der Waals surface area (Å²) in [7, 11) is 4.59. The third-order valence-electron chi connectivity index (χ3n) is 15.2. The van der Waals surface area contributed by atoms with E-state index >= 15 is 0 Å². The maximum absolute atomic E-state index is 14.7. The first-order chi connectivity index (χ1) is 38.6. The van der Waals surface area contributed by atoms with Gasteiger partial charge < -0.3 is 62.0 Å². The summed E-state index contributed by atoms with van der Waals surface area (Å²) < 4.78 is 11.7. The molecule has 22 nitrogen and oxygen atoms in total. The lowest BCUT2D eigenvalue weighted by atomic mass is 9.89. The molecule has 3 rings (SSSR count). The van der Waals surface area contributed by atoms with Crippen molar-refractivity contribution in [2.45, 2.75) is 189 Å². The molecule has 0 aromatic heterocycles. The molecule has 2 aromatic carbocycles. The van der Waals surface area contributed by atoms with Gasteiger partial charge in [0, 0.05) is 64.4 Å². The van der Waals surface area contributed by atoms with E-state index in [2.05, 4.69) is 31.9 Å². The number of carboxylic acids is 1. The first-order valence-electron chi connectivity index (χ1n) is 29.0. The molecule has 458 valence electrons. The van der Waals surface area contributed by atoms with Gasteiger partial charge in [-0.2, -0.15) is 0 Å². The van der Waals surface area contributed by atoms with Crippen LogP contribution in [0.15, 0.2) is 54.6 Å². The molecule has 9 amide bonds. The molecule has 0 radical (unpaired) electrons. The van der Waals surface area contributed by atoms with Gasteiger partial charge in [-0.15, -0.1) is 0 Å². The van der Waals surface area contributed by atoms with E-state index in [1.54, 1.807) is 74.0 Å². The van der Waals surface area contributed by atoms with Gasteiger partial charge in [-0.1, -0.05) is 125 Å². The number of anilines is 1. The number of primary amides is 1. The van der Waals surface area contributed by atoms with Crippen molar-refractivity contribution in [2.75, 3.05) is 39.6 Å². The quantitative estimate of drug-likeness (QED) is 0.0415. The summed E-state index contributed by atoms with van der Waals surface area (Å²) in [5.74, 6) is -5.13. The minimum absolute atomic E-state index is 0.0177. The second kappa shape index (κ2) is 34.0. The number of likely N-dealkylation sites (tertiary alicyclic amines) is 1. The third-order valence-corrected chi connectivity index (χ3v) is 15.2. The Morgan fingerprint density at radius 2 is 1.37 bits per heavy atom. The Balaban J connectivity index is 1.68. The van der Waals surface area contributed by atoms with Gasteiger partial charge in [0.2, 0.25) is 35.4 Å². The third kappa shape index (κ3) is 21.5. The fourth-order valence-corrected chi connectivity index (χ4v) is 10.5. The van der Waals surface area contributed by atoms with Crippen LogP contribution in [0.4, 0.5) is 15.3 Å². The van der Waals surface area contributed by atoms with Gasteiger partial charge in [-0.3, -0.25) is 33.7 Å². The van der Waals surface area contributed by atoms with Gasteiger partial charge >= 0.3 is 18.1 Å². The molecule has 0 aliphatic carbocycles. The minimum atomic E-state index is -1.14. The number of hydrogen-bond acceptors (Lipinski definition) is 12. The van der Waals surface area contributed by atoms with Crippen molar-refractivity contribution in [3.8, 4) is 0 Å². The highest BCUT2D eigenvalue weighted by Crippen LogP contribution is 2.29. The lowest BCUT2D eigenvalue weighted by Crippen LogP contribution is -2.60. The molecule has 1 fully saturated rings. The van der Waals surface area contributed by atoms with E-state index in [1.165, 1.54) is 19.1 Å². The van der Waals surface area contributed by atoms with Crippen LogP contribution in [0.5, 0.6) is 0 Å². The minimum Gasteiger partial charge on any atom is -0.480 e. The molecule has 0 unspecified atom stereocenters. The van der Waals surface area contributed by atoms with Crippen LogP contribution < -0.4 is 37.6 Å². The summed E-state index contributed by atoms with van der Waals surface area (Å²) in [6.07, 6.45) is 1.48. The van der Waals surface area contributed by atoms with Gasteiger partial charge in [0.05, 0.1) is 24.6 Å². The topological polar surface area (TPSA) is 300 Å². The van der Waals surface area contributed by atoms with E-state index in [9.17, 15) is 48.3 Å². The molecule has 1 aliphatic rings. The highest BCUT2D eigenvalue weighted by Gasteiger charge is 2.42. The van der Waals surface area contributed by atoms with Crippen LogP contribution in [0.25, 0.3) is 0 Å². The number of rotatable bonds is 33. The molecule has 1 aliphatic heterocycles. The smallest absolute Gasteiger partial charge is 0.410 e. The Labute approximate surface area is 485 Å². The highest BCUT2D eigenvalue weighted by atomic mass is 16.6. The van der Waals surface area contributed by atoms with E-state index in [1.807, 2.05) is 73.6 Å². The number of nitrogens with zero attached hydrogens (tertiary/aromatic N) is 3. The number of likely N-dealkylation sites (N-methyl/N-ethyl adjacent to an activating group) is 2. The number of methoxy groups -OCH3 is 1. The summed E-state index contributed by atoms with van der Waals surface area (Å²) in [6.45, 7) is 21.0. The van der Waals surface area contributed by atoms with Gasteiger partial charge in [-0.05, 0) is 79.0 Å². The lowest BCUT2D eigenvalue weighted by Gasteiger charge is -2.40. The standard InChI is InChI=1S/C60H96N10O12/c1-15-39(10)52(47(81-14)33-48(71)70-30-20-23-44(70)31-40(11)53(72)66-46(58(77)78)32-41-21-17-16-18-22-41)68(12)57(76)50(36(4)5)67-56(75)51(37(6)7)69(13)60(80)82-34-42-25-27-43(28-26-42)64-54(73)45(24-19-29-62-59(61)79)65-55(74)49(35(2)3)63-38(8)9/h16-18,21-22,25-28,35-40,44-47,49-52,63H,15,19-20,23-24,29-34H2,1-14H3,(H,64,73)(H,65,74)(H,66,72)(H,67,75)(H,77,78)(H3,61,62,79)/t39-,40+,44-,45-,46-,47+,49-,50-,51-,52-/m0/s1. The van der Waals surface area contributed by atoms with E-state index in [0.717, 1.165) is 12.0 Å². The molecule has 22 heteroatoms. The zero-order valence-electron chi connectivity index (χ0n) is 50.9. The highest BCUT2D eigenvalue weighted by molar-refractivity contribution is 5.98. The maximum atomic E-state index is 14.7. The molecular formula is C60H96N10O12. The Morgan fingerprint density at radius 3 is 1.91 bits per heavy atom. The normalized spacial score (nSPS) is 16.7. The van der Waals surface area contributed by atoms with Gasteiger partial charge in [0.25, 0.3) is 0 Å². The molecule has 0 saturated carbocycles. The molecular weight excluding hydrogens is 1050 g/mol. The Hall–Kier alpha value is -6.81. The van der Waals surface area contributed by atoms with E-state index < -0.39 is 102 Å². The fourth-order valence-electron chi connectivity index (χ4n) is 10.5. The summed E-state index contributed by atoms with van der Waals surface area (Å²) in [4.78, 5) is 125. The number of hydrogen-bond donors (Lipinski definition) is 8. The van der Waals surface area contributed by atoms with Gasteiger partial charge in [0.1, 0.15) is 30.8 Å². The van der Waals surface area contributed by atoms with Crippen LogP contribution >= 0.6 is 0 Å². The summed E-state index contributed by atoms with van der Waals surface area (Å²) in [5.41, 5.74) is 6.99. The van der Waals surface area contributed by atoms with Crippen molar-refractivity contribution >= 4 is 59.2 Å². The molecule has 0 spiro atoms. The number of carbonyl (C=O) groups excluding carboxylic acids is 8. The van der Waals surface area contributed by atoms with Crippen molar-refractivity contribution in [3.63, 3.8) is 0 Å². The average molecular weight is 1150 g/mol. The average Bonchev–Trinajstić information content (AvgIpc) is 4.04. The van der Waals surface area contributed by atoms with Crippen LogP contribution in [0, 0.1) is 29.6 Å². The number of carbonyl (C=O) groups is 9. The molecule has 1 heterocycles. The van der Waals surface area contributed by atoms with Crippen LogP contribution in [-0.4, -0.2) is 162 Å². The summed E-state index contributed by atoms with van der Waals surface area (Å²) >= 11 is 0. The maximum Gasteiger partial charge on any atom is 0.410 e. The van der Waals surface area contributed by atoms with Crippen LogP contribution in [0.2, 0.25) is 0 Å². The summed E-state index contributed by atoms with van der Waals surface area (Å²) in [5, 5.41) is 27.0. The monoisotopic (exact) mass is 1150 g/mol. The Morgan fingerprint density at radius 1 is 0.744 bits per heavy atom. The largest absolute Gasteiger partial charge is 0.480 e. The molecule has 1 saturated heterocycles. The first kappa shape index (κ1) is 69.5. The molecule has 9 N–H and O–H groups in total. The van der Waals surface area contributed by atoms with Gasteiger partial charge in [0.15, 0.2) is 0 Å². The fraction of sp³-hybridized carbons (Fsp3) is 0.650. The van der Waals surface area contributed by atoms with E-state index in [0.29, 0.717) is 43.5 Å². The van der Waals surface area contributed by atoms with Crippen LogP contribution in [0.3, 0.4) is 0 Å². The number of urea groups is 1. The van der Waals surface area contributed by atoms with Crippen molar-refractivity contribution in [3.05, 3.63) is 65.7 Å². The second-order valence-electron chi connectivity index (χ2n) is 23.2. The van der Waals surface area contributed by atoms with Crippen LogP contribution in [-0.2, 0) is 56.1 Å². The predicted molar refractivity (Wildman–Crippen MR) is 314 cm³/mol. The zero-order chi connectivity index (χ0) is 61.5. The van der Waals surface area contributed by atoms with Gasteiger partial charge in [-0.25, -0.2) is 14.4 Å². The molecule has 82 heavy (non-hydrogen) atoms. The number of ether oxygens (including phenoxy) is 2. The van der Waals surface area contributed by atoms with E-state index in [-0.39, 0.29) is 68.1 Å². The van der Waals surface area contributed by atoms with Crippen LogP contribution in [0.1, 0.15) is 132 Å². The second-order valence-corrected chi connectivity index (χ2v) is 23.2. The number of benzene rings is 2. The Bertz CT molecular complexity index is 2410. The number of amides is 9. The predicted octanol–water partition coefficient (Wildman–Crippen LogP) is 5.42. The number of nitrogens with one attached hydrogen (secondary N) is 6. The molecule has 0 bridgehead atoms. The summed E-state index contributed by atoms with van der Waals surface area (Å²) in [6, 6.07) is 9.42. The number of carboxylic acid groups (broad SMARTS) is 1. The molecule has 2 aromatic rings. The number of nitrogens with two attached hydrogens (primary N) is 1. The lowest BCUT2D eigenvalue weighted by molar-refractivity contribution is -0.146. The van der Waals surface area contributed by atoms with E-state index in [4.69, 9.17) is 15.2 Å².